The van der Waals surface area contributed by atoms with Crippen LogP contribution in [0.4, 0.5) is 0 Å². The standard InChI is InChI=1S/C22H27N5O3S/c1-3-4-5-15-31(29,30)25-19(28)11-10-18-20(16-8-9-16)24-26(2)22(18)27-14-12-17-7-6-13-23-21(17)27/h6-7,10-14,16H,3-5,8-9,15H2,1-2H3,(H,25,28)/b11-10+. The van der Waals surface area contributed by atoms with Crippen molar-refractivity contribution in [3.63, 3.8) is 0 Å². The zero-order chi connectivity index (χ0) is 22.0. The number of nitrogens with zero attached hydrogens (tertiary/aromatic N) is 4. The average Bonchev–Trinajstić information content (AvgIpc) is 3.40. The van der Waals surface area contributed by atoms with Crippen molar-refractivity contribution in [2.45, 2.75) is 44.9 Å². The van der Waals surface area contributed by atoms with Crippen molar-refractivity contribution in [3.05, 3.63) is 47.9 Å². The van der Waals surface area contributed by atoms with E-state index < -0.39 is 15.9 Å². The van der Waals surface area contributed by atoms with Crippen molar-refractivity contribution in [2.24, 2.45) is 7.05 Å². The molecule has 0 aromatic carbocycles. The molecule has 3 aromatic rings. The van der Waals surface area contributed by atoms with E-state index in [9.17, 15) is 13.2 Å². The van der Waals surface area contributed by atoms with Gasteiger partial charge < -0.3 is 0 Å². The minimum Gasteiger partial charge on any atom is -0.285 e. The number of hydrogen-bond acceptors (Lipinski definition) is 5. The maximum atomic E-state index is 12.4. The van der Waals surface area contributed by atoms with E-state index in [2.05, 4.69) is 9.71 Å². The molecule has 0 atom stereocenters. The maximum Gasteiger partial charge on any atom is 0.257 e. The Morgan fingerprint density at radius 3 is 2.84 bits per heavy atom. The first-order valence-corrected chi connectivity index (χ1v) is 12.3. The maximum absolute atomic E-state index is 12.4. The van der Waals surface area contributed by atoms with Crippen molar-refractivity contribution >= 4 is 33.0 Å². The first kappa shape index (κ1) is 21.3. The van der Waals surface area contributed by atoms with E-state index in [1.807, 2.05) is 42.9 Å². The van der Waals surface area contributed by atoms with E-state index in [-0.39, 0.29) is 5.75 Å². The van der Waals surface area contributed by atoms with Gasteiger partial charge in [-0.25, -0.2) is 18.1 Å². The van der Waals surface area contributed by atoms with Gasteiger partial charge in [0, 0.05) is 42.4 Å². The van der Waals surface area contributed by atoms with Gasteiger partial charge in [-0.1, -0.05) is 19.8 Å². The summed E-state index contributed by atoms with van der Waals surface area (Å²) >= 11 is 0. The third kappa shape index (κ3) is 4.71. The van der Waals surface area contributed by atoms with Crippen molar-refractivity contribution < 1.29 is 13.2 Å². The minimum atomic E-state index is -3.64. The molecule has 1 amide bonds. The fraction of sp³-hybridized carbons (Fsp3) is 0.409. The van der Waals surface area contributed by atoms with Gasteiger partial charge in [-0.15, -0.1) is 0 Å². The molecule has 0 aliphatic heterocycles. The largest absolute Gasteiger partial charge is 0.285 e. The van der Waals surface area contributed by atoms with Gasteiger partial charge in [-0.3, -0.25) is 14.0 Å². The molecule has 0 unspecified atom stereocenters. The zero-order valence-corrected chi connectivity index (χ0v) is 18.6. The summed E-state index contributed by atoms with van der Waals surface area (Å²) in [5, 5.41) is 5.71. The Labute approximate surface area is 182 Å². The summed E-state index contributed by atoms with van der Waals surface area (Å²) in [7, 11) is -1.77. The summed E-state index contributed by atoms with van der Waals surface area (Å²) in [6.07, 6.45) is 11.0. The Balaban J connectivity index is 1.64. The molecule has 0 radical (unpaired) electrons. The zero-order valence-electron chi connectivity index (χ0n) is 17.8. The van der Waals surface area contributed by atoms with Gasteiger partial charge in [0.2, 0.25) is 10.0 Å². The van der Waals surface area contributed by atoms with E-state index in [4.69, 9.17) is 5.10 Å². The first-order chi connectivity index (χ1) is 14.9. The van der Waals surface area contributed by atoms with Crippen molar-refractivity contribution in [2.75, 3.05) is 5.75 Å². The van der Waals surface area contributed by atoms with E-state index in [1.54, 1.807) is 17.0 Å². The molecule has 1 fully saturated rings. The predicted molar refractivity (Wildman–Crippen MR) is 120 cm³/mol. The van der Waals surface area contributed by atoms with Gasteiger partial charge in [0.15, 0.2) is 0 Å². The summed E-state index contributed by atoms with van der Waals surface area (Å²) in [5.74, 6) is 0.455. The molecular formula is C22H27N5O3S. The van der Waals surface area contributed by atoms with Crippen LogP contribution in [0.3, 0.4) is 0 Å². The highest BCUT2D eigenvalue weighted by Gasteiger charge is 2.31. The fourth-order valence-electron chi connectivity index (χ4n) is 3.73. The van der Waals surface area contributed by atoms with Crippen LogP contribution in [0.5, 0.6) is 0 Å². The van der Waals surface area contributed by atoms with Crippen LogP contribution in [-0.4, -0.2) is 39.4 Å². The molecule has 0 bridgehead atoms. The van der Waals surface area contributed by atoms with Crippen LogP contribution in [0.25, 0.3) is 22.9 Å². The molecule has 1 aliphatic rings. The molecule has 0 saturated heterocycles. The van der Waals surface area contributed by atoms with Crippen LogP contribution >= 0.6 is 0 Å². The molecule has 1 saturated carbocycles. The Bertz CT molecular complexity index is 1240. The van der Waals surface area contributed by atoms with E-state index in [1.165, 1.54) is 6.08 Å². The minimum absolute atomic E-state index is 0.0487. The van der Waals surface area contributed by atoms with Gasteiger partial charge in [0.25, 0.3) is 5.91 Å². The van der Waals surface area contributed by atoms with Crippen LogP contribution in [-0.2, 0) is 21.9 Å². The Hall–Kier alpha value is -2.94. The number of carbonyl (C=O) groups excluding carboxylic acids is 1. The number of sulfonamides is 1. The van der Waals surface area contributed by atoms with Crippen LogP contribution in [0, 0.1) is 0 Å². The van der Waals surface area contributed by atoms with Crippen LogP contribution < -0.4 is 4.72 Å². The Kier molecular flexibility index (Phi) is 5.95. The molecule has 3 heterocycles. The molecule has 1 aliphatic carbocycles. The van der Waals surface area contributed by atoms with Crippen LogP contribution in [0.1, 0.15) is 56.2 Å². The molecule has 0 spiro atoms. The highest BCUT2D eigenvalue weighted by Crippen LogP contribution is 2.42. The highest BCUT2D eigenvalue weighted by molar-refractivity contribution is 7.90. The van der Waals surface area contributed by atoms with Crippen molar-refractivity contribution in [3.8, 4) is 5.82 Å². The average molecular weight is 442 g/mol. The number of rotatable bonds is 9. The second kappa shape index (κ2) is 8.66. The second-order valence-corrected chi connectivity index (χ2v) is 9.79. The van der Waals surface area contributed by atoms with Gasteiger partial charge >= 0.3 is 0 Å². The summed E-state index contributed by atoms with van der Waals surface area (Å²) in [5.41, 5.74) is 2.53. The molecule has 164 valence electrons. The molecule has 3 aromatic heterocycles. The Morgan fingerprint density at radius 1 is 1.29 bits per heavy atom. The predicted octanol–water partition coefficient (Wildman–Crippen LogP) is 3.29. The number of nitrogens with one attached hydrogen (secondary N) is 1. The lowest BCUT2D eigenvalue weighted by atomic mass is 10.1. The number of aryl methyl sites for hydroxylation is 1. The van der Waals surface area contributed by atoms with Crippen molar-refractivity contribution in [1.29, 1.82) is 0 Å². The second-order valence-electron chi connectivity index (χ2n) is 7.95. The quantitative estimate of drug-likeness (QED) is 0.406. The van der Waals surface area contributed by atoms with E-state index in [0.717, 1.165) is 53.8 Å². The topological polar surface area (TPSA) is 98.9 Å². The van der Waals surface area contributed by atoms with Crippen LogP contribution in [0.2, 0.25) is 0 Å². The number of carbonyl (C=O) groups is 1. The molecule has 4 rings (SSSR count). The highest BCUT2D eigenvalue weighted by atomic mass is 32.2. The number of fused-ring (bicyclic) bond motifs is 1. The van der Waals surface area contributed by atoms with E-state index in [0.29, 0.717) is 12.3 Å². The summed E-state index contributed by atoms with van der Waals surface area (Å²) in [4.78, 5) is 16.8. The third-order valence-corrected chi connectivity index (χ3v) is 6.73. The SMILES string of the molecule is CCCCCS(=O)(=O)NC(=O)/C=C/c1c(C2CC2)nn(C)c1-n1ccc2cccnc21. The number of aromatic nitrogens is 4. The molecule has 1 N–H and O–H groups in total. The fourth-order valence-corrected chi connectivity index (χ4v) is 4.79. The molecule has 31 heavy (non-hydrogen) atoms. The summed E-state index contributed by atoms with van der Waals surface area (Å²) < 4.78 is 30.1. The number of unbranched alkanes of at least 4 members (excludes halogenated alkanes) is 2. The molecule has 8 nitrogen and oxygen atoms in total. The first-order valence-electron chi connectivity index (χ1n) is 10.6. The number of pyridine rings is 1. The molecular weight excluding hydrogens is 414 g/mol. The summed E-state index contributed by atoms with van der Waals surface area (Å²) in [6, 6.07) is 5.86. The van der Waals surface area contributed by atoms with E-state index >= 15 is 0 Å². The van der Waals surface area contributed by atoms with Crippen LogP contribution in [0.15, 0.2) is 36.7 Å². The number of amides is 1. The third-order valence-electron chi connectivity index (χ3n) is 5.40. The van der Waals surface area contributed by atoms with Gasteiger partial charge in [-0.05, 0) is 43.5 Å². The summed E-state index contributed by atoms with van der Waals surface area (Å²) in [6.45, 7) is 2.00. The lowest BCUT2D eigenvalue weighted by molar-refractivity contribution is -0.114. The smallest absolute Gasteiger partial charge is 0.257 e. The van der Waals surface area contributed by atoms with Crippen molar-refractivity contribution in [1.82, 2.24) is 24.1 Å². The lowest BCUT2D eigenvalue weighted by Crippen LogP contribution is -2.31. The van der Waals surface area contributed by atoms with Gasteiger partial charge in [0.05, 0.1) is 11.4 Å². The normalized spacial score (nSPS) is 14.5. The van der Waals surface area contributed by atoms with Gasteiger partial charge in [-0.2, -0.15) is 5.10 Å². The monoisotopic (exact) mass is 441 g/mol. The lowest BCUT2D eigenvalue weighted by Gasteiger charge is -2.07. The van der Waals surface area contributed by atoms with Gasteiger partial charge in [0.1, 0.15) is 11.5 Å². The number of hydrogen-bond donors (Lipinski definition) is 1. The Morgan fingerprint density at radius 2 is 2.10 bits per heavy atom. The molecule has 9 heteroatoms.